The maximum atomic E-state index is 14.0. The van der Waals surface area contributed by atoms with E-state index in [1.54, 1.807) is 0 Å². The fraction of sp³-hybridized carbons (Fsp3) is 0.261. The molecular weight excluding hydrogens is 501 g/mol. The Morgan fingerprint density at radius 3 is 2.62 bits per heavy atom. The number of nitrogens with zero attached hydrogens (tertiary/aromatic N) is 4. The minimum Gasteiger partial charge on any atom is -0.366 e. The quantitative estimate of drug-likeness (QED) is 0.393. The molecule has 1 aromatic carbocycles. The van der Waals surface area contributed by atoms with Gasteiger partial charge in [0.1, 0.15) is 23.1 Å². The van der Waals surface area contributed by atoms with Gasteiger partial charge >= 0.3 is 12.2 Å². The van der Waals surface area contributed by atoms with Crippen LogP contribution in [0, 0.1) is 11.6 Å². The van der Waals surface area contributed by atoms with Gasteiger partial charge in [-0.2, -0.15) is 13.2 Å². The molecule has 2 aromatic heterocycles. The highest BCUT2D eigenvalue weighted by atomic mass is 19.4. The molecule has 37 heavy (non-hydrogen) atoms. The molecule has 0 saturated carbocycles. The molecule has 9 nitrogen and oxygen atoms in total. The molecule has 1 fully saturated rings. The smallest absolute Gasteiger partial charge is 0.366 e. The summed E-state index contributed by atoms with van der Waals surface area (Å²) in [6.07, 6.45) is -2.91. The summed E-state index contributed by atoms with van der Waals surface area (Å²) in [6.45, 7) is 1.16. The van der Waals surface area contributed by atoms with Crippen molar-refractivity contribution >= 4 is 17.8 Å². The number of amides is 3. The van der Waals surface area contributed by atoms with Crippen molar-refractivity contribution in [2.24, 2.45) is 0 Å². The van der Waals surface area contributed by atoms with Crippen LogP contribution in [0.1, 0.15) is 21.6 Å². The Morgan fingerprint density at radius 1 is 1.11 bits per heavy atom. The molecular formula is C23H20F5N7O2. The number of hydrogen-bond donors (Lipinski definition) is 3. The number of urea groups is 1. The van der Waals surface area contributed by atoms with Crippen molar-refractivity contribution in [1.29, 1.82) is 0 Å². The van der Waals surface area contributed by atoms with Crippen LogP contribution in [0.5, 0.6) is 0 Å². The van der Waals surface area contributed by atoms with Crippen LogP contribution in [-0.4, -0.2) is 58.0 Å². The normalized spacial score (nSPS) is 13.4. The fourth-order valence-electron chi connectivity index (χ4n) is 3.47. The summed E-state index contributed by atoms with van der Waals surface area (Å²) in [5.41, 5.74) is -1.22. The molecule has 0 radical (unpaired) electrons. The average Bonchev–Trinajstić information content (AvgIpc) is 3.27. The van der Waals surface area contributed by atoms with Gasteiger partial charge in [0.25, 0.3) is 5.91 Å². The Bertz CT molecular complexity index is 1320. The molecule has 4 rings (SSSR count). The number of alkyl halides is 3. The number of benzene rings is 1. The second-order valence-corrected chi connectivity index (χ2v) is 7.99. The highest BCUT2D eigenvalue weighted by Crippen LogP contribution is 2.31. The lowest BCUT2D eigenvalue weighted by Gasteiger charge is -2.15. The summed E-state index contributed by atoms with van der Waals surface area (Å²) in [4.78, 5) is 37.8. The van der Waals surface area contributed by atoms with Crippen LogP contribution < -0.4 is 16.0 Å². The van der Waals surface area contributed by atoms with Crippen molar-refractivity contribution in [3.8, 4) is 11.4 Å². The zero-order chi connectivity index (χ0) is 26.6. The molecule has 1 saturated heterocycles. The number of nitrogens with one attached hydrogen (secondary N) is 3. The maximum Gasteiger partial charge on any atom is 0.417 e. The first kappa shape index (κ1) is 25.7. The SMILES string of the molecule is O=C(NCCN1CCNC1=O)c1cc(NCc2ccc(F)cc2F)nc(-c2cncc(C(F)(F)F)c2)n1. The lowest BCUT2D eigenvalue weighted by atomic mass is 10.2. The minimum absolute atomic E-state index is 0.00945. The number of aromatic nitrogens is 3. The molecule has 0 spiro atoms. The van der Waals surface area contributed by atoms with Crippen LogP contribution in [0.25, 0.3) is 11.4 Å². The van der Waals surface area contributed by atoms with Gasteiger partial charge in [0.05, 0.1) is 5.56 Å². The van der Waals surface area contributed by atoms with Gasteiger partial charge in [-0.3, -0.25) is 9.78 Å². The first-order chi connectivity index (χ1) is 17.6. The van der Waals surface area contributed by atoms with Crippen molar-refractivity contribution in [2.45, 2.75) is 12.7 Å². The fourth-order valence-corrected chi connectivity index (χ4v) is 3.47. The van der Waals surface area contributed by atoms with E-state index in [4.69, 9.17) is 0 Å². The molecule has 194 valence electrons. The Kier molecular flexibility index (Phi) is 7.45. The first-order valence-electron chi connectivity index (χ1n) is 11.0. The monoisotopic (exact) mass is 521 g/mol. The van der Waals surface area contributed by atoms with Gasteiger partial charge in [0.15, 0.2) is 5.82 Å². The summed E-state index contributed by atoms with van der Waals surface area (Å²) in [5, 5.41) is 8.02. The molecule has 3 amide bonds. The summed E-state index contributed by atoms with van der Waals surface area (Å²) in [6, 6.07) is 4.77. The van der Waals surface area contributed by atoms with E-state index < -0.39 is 29.3 Å². The third-order valence-corrected chi connectivity index (χ3v) is 5.37. The van der Waals surface area contributed by atoms with Crippen LogP contribution in [0.3, 0.4) is 0 Å². The van der Waals surface area contributed by atoms with Crippen molar-refractivity contribution in [3.05, 3.63) is 71.2 Å². The Morgan fingerprint density at radius 2 is 1.92 bits per heavy atom. The van der Waals surface area contributed by atoms with E-state index in [9.17, 15) is 31.5 Å². The molecule has 3 heterocycles. The molecule has 1 aliphatic rings. The van der Waals surface area contributed by atoms with Crippen molar-refractivity contribution in [1.82, 2.24) is 30.5 Å². The highest BCUT2D eigenvalue weighted by molar-refractivity contribution is 5.93. The topological polar surface area (TPSA) is 112 Å². The van der Waals surface area contributed by atoms with Crippen LogP contribution in [-0.2, 0) is 12.7 Å². The second kappa shape index (κ2) is 10.7. The molecule has 14 heteroatoms. The number of carbonyl (C=O) groups excluding carboxylic acids is 2. The molecule has 3 aromatic rings. The van der Waals surface area contributed by atoms with E-state index in [-0.39, 0.29) is 54.1 Å². The van der Waals surface area contributed by atoms with Crippen molar-refractivity contribution < 1.29 is 31.5 Å². The predicted molar refractivity (Wildman–Crippen MR) is 121 cm³/mol. The first-order valence-corrected chi connectivity index (χ1v) is 11.0. The standard InChI is InChI=1S/C23H20F5N7O2/c24-16-2-1-13(17(25)8-16)11-32-19-9-18(21(36)30-3-5-35-6-4-31-22(35)37)33-20(34-19)14-7-15(12-29-10-14)23(26,27)28/h1-2,7-10,12H,3-6,11H2,(H,30,36)(H,31,37)(H,32,33,34). The maximum absolute atomic E-state index is 14.0. The van der Waals surface area contributed by atoms with Crippen molar-refractivity contribution in [3.63, 3.8) is 0 Å². The van der Waals surface area contributed by atoms with Gasteiger partial charge in [0.2, 0.25) is 0 Å². The number of pyridine rings is 1. The lowest BCUT2D eigenvalue weighted by molar-refractivity contribution is -0.137. The molecule has 0 unspecified atom stereocenters. The molecule has 0 atom stereocenters. The van der Waals surface area contributed by atoms with E-state index in [0.29, 0.717) is 25.4 Å². The number of rotatable bonds is 8. The van der Waals surface area contributed by atoms with Crippen LogP contribution in [0.2, 0.25) is 0 Å². The van der Waals surface area contributed by atoms with Crippen LogP contribution >= 0.6 is 0 Å². The molecule has 3 N–H and O–H groups in total. The summed E-state index contributed by atoms with van der Waals surface area (Å²) >= 11 is 0. The Balaban J connectivity index is 1.59. The molecule has 1 aliphatic heterocycles. The molecule has 0 bridgehead atoms. The van der Waals surface area contributed by atoms with Gasteiger partial charge in [-0.1, -0.05) is 6.07 Å². The number of halogens is 5. The van der Waals surface area contributed by atoms with Gasteiger partial charge in [0, 0.05) is 68.4 Å². The zero-order valence-corrected chi connectivity index (χ0v) is 19.1. The van der Waals surface area contributed by atoms with Gasteiger partial charge in [-0.15, -0.1) is 0 Å². The molecule has 0 aliphatic carbocycles. The number of anilines is 1. The largest absolute Gasteiger partial charge is 0.417 e. The number of carbonyl (C=O) groups is 2. The van der Waals surface area contributed by atoms with Crippen LogP contribution in [0.15, 0.2) is 42.7 Å². The third kappa shape index (κ3) is 6.45. The Labute approximate surface area is 207 Å². The van der Waals surface area contributed by atoms with Crippen LogP contribution in [0.4, 0.5) is 32.6 Å². The Hall–Kier alpha value is -4.36. The van der Waals surface area contributed by atoms with E-state index in [1.165, 1.54) is 17.0 Å². The summed E-state index contributed by atoms with van der Waals surface area (Å²) in [5.74, 6) is -2.46. The third-order valence-electron chi connectivity index (χ3n) is 5.37. The van der Waals surface area contributed by atoms with E-state index >= 15 is 0 Å². The average molecular weight is 521 g/mol. The summed E-state index contributed by atoms with van der Waals surface area (Å²) < 4.78 is 66.8. The summed E-state index contributed by atoms with van der Waals surface area (Å²) in [7, 11) is 0. The van der Waals surface area contributed by atoms with E-state index in [1.807, 2.05) is 0 Å². The highest BCUT2D eigenvalue weighted by Gasteiger charge is 2.31. The minimum atomic E-state index is -4.67. The van der Waals surface area contributed by atoms with Gasteiger partial charge in [-0.05, 0) is 12.1 Å². The van der Waals surface area contributed by atoms with Crippen molar-refractivity contribution in [2.75, 3.05) is 31.5 Å². The van der Waals surface area contributed by atoms with E-state index in [0.717, 1.165) is 18.3 Å². The number of hydrogen-bond acceptors (Lipinski definition) is 6. The zero-order valence-electron chi connectivity index (χ0n) is 19.1. The van der Waals surface area contributed by atoms with Gasteiger partial charge < -0.3 is 20.9 Å². The van der Waals surface area contributed by atoms with E-state index in [2.05, 4.69) is 30.9 Å². The predicted octanol–water partition coefficient (Wildman–Crippen LogP) is 3.20. The second-order valence-electron chi connectivity index (χ2n) is 7.99. The van der Waals surface area contributed by atoms with Gasteiger partial charge in [-0.25, -0.2) is 23.5 Å². The lowest BCUT2D eigenvalue weighted by Crippen LogP contribution is -2.37.